The first-order chi connectivity index (χ1) is 11.2. The Morgan fingerprint density at radius 3 is 2.78 bits per heavy atom. The molecule has 1 aromatic heterocycles. The number of aromatic nitrogens is 2. The van der Waals surface area contributed by atoms with E-state index in [-0.39, 0.29) is 18.3 Å². The summed E-state index contributed by atoms with van der Waals surface area (Å²) in [4.78, 5) is 20.6. The lowest BCUT2D eigenvalue weighted by Crippen LogP contribution is -2.07. The van der Waals surface area contributed by atoms with Crippen LogP contribution in [0.4, 0.5) is 0 Å². The van der Waals surface area contributed by atoms with Crippen molar-refractivity contribution < 1.29 is 9.53 Å². The Bertz CT molecular complexity index is 841. The first-order valence-corrected chi connectivity index (χ1v) is 8.32. The molecule has 3 rings (SSSR count). The van der Waals surface area contributed by atoms with Gasteiger partial charge in [-0.05, 0) is 29.8 Å². The van der Waals surface area contributed by atoms with E-state index in [9.17, 15) is 4.79 Å². The van der Waals surface area contributed by atoms with Gasteiger partial charge >= 0.3 is 5.97 Å². The first kappa shape index (κ1) is 15.8. The number of benzene rings is 2. The fourth-order valence-electron chi connectivity index (χ4n) is 1.97. The molecule has 23 heavy (non-hydrogen) atoms. The third-order valence-electron chi connectivity index (χ3n) is 3.05. The standard InChI is InChI=1S/C17H13ClN2O2S/c18-13-5-3-4-12(8-13)10-22-17(21)11-23-16-9-19-14-6-1-2-7-15(14)20-16/h1-9H,10-11H2. The summed E-state index contributed by atoms with van der Waals surface area (Å²) in [5.74, 6) is -0.113. The van der Waals surface area contributed by atoms with E-state index in [0.717, 1.165) is 16.6 Å². The molecular formula is C17H13ClN2O2S. The zero-order valence-corrected chi connectivity index (χ0v) is 13.7. The van der Waals surface area contributed by atoms with Gasteiger partial charge in [0.2, 0.25) is 0 Å². The largest absolute Gasteiger partial charge is 0.460 e. The molecule has 0 fully saturated rings. The number of esters is 1. The Labute approximate surface area is 142 Å². The molecule has 0 saturated heterocycles. The van der Waals surface area contributed by atoms with E-state index >= 15 is 0 Å². The third kappa shape index (κ3) is 4.43. The second-order valence-electron chi connectivity index (χ2n) is 4.78. The molecule has 2 aromatic carbocycles. The van der Waals surface area contributed by atoms with Crippen molar-refractivity contribution in [1.29, 1.82) is 0 Å². The van der Waals surface area contributed by atoms with Gasteiger partial charge in [0.15, 0.2) is 0 Å². The first-order valence-electron chi connectivity index (χ1n) is 6.95. The molecule has 0 atom stereocenters. The van der Waals surface area contributed by atoms with Gasteiger partial charge in [-0.25, -0.2) is 4.98 Å². The lowest BCUT2D eigenvalue weighted by atomic mass is 10.2. The van der Waals surface area contributed by atoms with Gasteiger partial charge in [-0.1, -0.05) is 47.6 Å². The van der Waals surface area contributed by atoms with Crippen LogP contribution in [0, 0.1) is 0 Å². The minimum Gasteiger partial charge on any atom is -0.460 e. The van der Waals surface area contributed by atoms with E-state index in [1.165, 1.54) is 11.8 Å². The highest BCUT2D eigenvalue weighted by Gasteiger charge is 2.07. The molecule has 0 N–H and O–H groups in total. The zero-order valence-electron chi connectivity index (χ0n) is 12.1. The van der Waals surface area contributed by atoms with Crippen LogP contribution >= 0.6 is 23.4 Å². The Morgan fingerprint density at radius 1 is 1.13 bits per heavy atom. The van der Waals surface area contributed by atoms with Gasteiger partial charge < -0.3 is 4.74 Å². The minimum atomic E-state index is -0.301. The van der Waals surface area contributed by atoms with Crippen molar-refractivity contribution >= 4 is 40.4 Å². The Kier molecular flexibility index (Phi) is 5.10. The number of fused-ring (bicyclic) bond motifs is 1. The van der Waals surface area contributed by atoms with Gasteiger partial charge in [-0.3, -0.25) is 9.78 Å². The molecule has 0 spiro atoms. The molecule has 6 heteroatoms. The van der Waals surface area contributed by atoms with Crippen molar-refractivity contribution in [2.24, 2.45) is 0 Å². The molecule has 116 valence electrons. The zero-order chi connectivity index (χ0) is 16.1. The van der Waals surface area contributed by atoms with E-state index in [1.54, 1.807) is 18.3 Å². The predicted molar refractivity (Wildman–Crippen MR) is 91.5 cm³/mol. The van der Waals surface area contributed by atoms with E-state index in [2.05, 4.69) is 9.97 Å². The molecule has 0 aliphatic heterocycles. The van der Waals surface area contributed by atoms with Crippen LogP contribution in [0.2, 0.25) is 5.02 Å². The summed E-state index contributed by atoms with van der Waals surface area (Å²) in [5, 5.41) is 1.32. The molecule has 3 aromatic rings. The average molecular weight is 345 g/mol. The fraction of sp³-hybridized carbons (Fsp3) is 0.118. The van der Waals surface area contributed by atoms with Crippen LogP contribution in [0.1, 0.15) is 5.56 Å². The molecule has 0 radical (unpaired) electrons. The van der Waals surface area contributed by atoms with Gasteiger partial charge in [-0.2, -0.15) is 0 Å². The second-order valence-corrected chi connectivity index (χ2v) is 6.21. The van der Waals surface area contributed by atoms with Crippen molar-refractivity contribution in [3.05, 3.63) is 65.3 Å². The Balaban J connectivity index is 1.53. The quantitative estimate of drug-likeness (QED) is 0.514. The molecule has 0 aliphatic rings. The average Bonchev–Trinajstić information content (AvgIpc) is 2.58. The van der Waals surface area contributed by atoms with Crippen LogP contribution in [0.15, 0.2) is 59.8 Å². The minimum absolute atomic E-state index is 0.188. The van der Waals surface area contributed by atoms with Crippen LogP contribution in [-0.4, -0.2) is 21.7 Å². The molecule has 0 unspecified atom stereocenters. The number of hydrogen-bond acceptors (Lipinski definition) is 5. The van der Waals surface area contributed by atoms with E-state index in [0.29, 0.717) is 10.0 Å². The summed E-state index contributed by atoms with van der Waals surface area (Å²) in [6.45, 7) is 0.212. The Morgan fingerprint density at radius 2 is 1.96 bits per heavy atom. The number of para-hydroxylation sites is 2. The van der Waals surface area contributed by atoms with E-state index in [4.69, 9.17) is 16.3 Å². The molecular weight excluding hydrogens is 332 g/mol. The normalized spacial score (nSPS) is 10.7. The third-order valence-corrected chi connectivity index (χ3v) is 4.16. The highest BCUT2D eigenvalue weighted by Crippen LogP contribution is 2.18. The monoisotopic (exact) mass is 344 g/mol. The van der Waals surface area contributed by atoms with E-state index in [1.807, 2.05) is 36.4 Å². The fourth-order valence-corrected chi connectivity index (χ4v) is 2.83. The van der Waals surface area contributed by atoms with E-state index < -0.39 is 0 Å². The number of ether oxygens (including phenoxy) is 1. The van der Waals surface area contributed by atoms with Gasteiger partial charge in [0.1, 0.15) is 11.6 Å². The maximum absolute atomic E-state index is 11.8. The number of halogens is 1. The van der Waals surface area contributed by atoms with Crippen molar-refractivity contribution in [3.63, 3.8) is 0 Å². The van der Waals surface area contributed by atoms with Crippen LogP contribution < -0.4 is 0 Å². The number of carbonyl (C=O) groups excluding carboxylic acids is 1. The summed E-state index contributed by atoms with van der Waals surface area (Å²) in [5.41, 5.74) is 2.51. The van der Waals surface area contributed by atoms with Gasteiger partial charge in [-0.15, -0.1) is 0 Å². The summed E-state index contributed by atoms with van der Waals surface area (Å²) < 4.78 is 5.23. The predicted octanol–water partition coefficient (Wildman–Crippen LogP) is 4.12. The molecule has 0 bridgehead atoms. The summed E-state index contributed by atoms with van der Waals surface area (Å²) >= 11 is 7.20. The van der Waals surface area contributed by atoms with Crippen LogP contribution in [0.25, 0.3) is 11.0 Å². The number of thioether (sulfide) groups is 1. The lowest BCUT2D eigenvalue weighted by Gasteiger charge is -2.05. The smallest absolute Gasteiger partial charge is 0.316 e. The topological polar surface area (TPSA) is 52.1 Å². The molecule has 0 aliphatic carbocycles. The highest BCUT2D eigenvalue weighted by molar-refractivity contribution is 7.99. The summed E-state index contributed by atoms with van der Waals surface area (Å²) in [7, 11) is 0. The lowest BCUT2D eigenvalue weighted by molar-refractivity contribution is -0.141. The van der Waals surface area contributed by atoms with Gasteiger partial charge in [0, 0.05) is 5.02 Å². The van der Waals surface area contributed by atoms with Gasteiger partial charge in [0.25, 0.3) is 0 Å². The van der Waals surface area contributed by atoms with Crippen LogP contribution in [0.3, 0.4) is 0 Å². The molecule has 4 nitrogen and oxygen atoms in total. The number of hydrogen-bond donors (Lipinski definition) is 0. The molecule has 1 heterocycles. The van der Waals surface area contributed by atoms with Crippen molar-refractivity contribution in [2.75, 3.05) is 5.75 Å². The number of nitrogens with zero attached hydrogens (tertiary/aromatic N) is 2. The SMILES string of the molecule is O=C(CSc1cnc2ccccc2n1)OCc1cccc(Cl)c1. The van der Waals surface area contributed by atoms with Crippen LogP contribution in [-0.2, 0) is 16.1 Å². The molecule has 0 saturated carbocycles. The Hall–Kier alpha value is -2.11. The van der Waals surface area contributed by atoms with Crippen molar-refractivity contribution in [1.82, 2.24) is 9.97 Å². The maximum atomic E-state index is 11.8. The number of rotatable bonds is 5. The van der Waals surface area contributed by atoms with Gasteiger partial charge in [0.05, 0.1) is 23.0 Å². The van der Waals surface area contributed by atoms with Crippen molar-refractivity contribution in [3.8, 4) is 0 Å². The molecule has 0 amide bonds. The van der Waals surface area contributed by atoms with Crippen molar-refractivity contribution in [2.45, 2.75) is 11.6 Å². The number of carbonyl (C=O) groups is 1. The summed E-state index contributed by atoms with van der Waals surface area (Å²) in [6.07, 6.45) is 1.66. The second kappa shape index (κ2) is 7.44. The summed E-state index contributed by atoms with van der Waals surface area (Å²) in [6, 6.07) is 14.9. The highest BCUT2D eigenvalue weighted by atomic mass is 35.5. The van der Waals surface area contributed by atoms with Crippen LogP contribution in [0.5, 0.6) is 0 Å². The maximum Gasteiger partial charge on any atom is 0.316 e.